The molecule has 2 aromatic rings. The molecule has 84 valence electrons. The van der Waals surface area contributed by atoms with E-state index in [1.54, 1.807) is 18.5 Å². The van der Waals surface area contributed by atoms with Gasteiger partial charge in [-0.15, -0.1) is 0 Å². The number of aromatic nitrogens is 1. The zero-order valence-corrected chi connectivity index (χ0v) is 9.78. The van der Waals surface area contributed by atoms with E-state index < -0.39 is 0 Å². The third-order valence-electron chi connectivity index (χ3n) is 2.37. The Morgan fingerprint density at radius 1 is 1.29 bits per heavy atom. The minimum absolute atomic E-state index is 0.569. The van der Waals surface area contributed by atoms with Gasteiger partial charge in [0.2, 0.25) is 0 Å². The Balaban J connectivity index is 2.13. The van der Waals surface area contributed by atoms with Gasteiger partial charge >= 0.3 is 0 Å². The van der Waals surface area contributed by atoms with Crippen LogP contribution in [0.5, 0.6) is 0 Å². The molecule has 2 rings (SSSR count). The third-order valence-corrected chi connectivity index (χ3v) is 2.74. The van der Waals surface area contributed by atoms with E-state index in [1.165, 1.54) is 0 Å². The number of nitrogens with zero attached hydrogens (tertiary/aromatic N) is 2. The molecule has 17 heavy (non-hydrogen) atoms. The summed E-state index contributed by atoms with van der Waals surface area (Å²) in [4.78, 5) is 3.98. The minimum Gasteiger partial charge on any atom is -0.379 e. The summed E-state index contributed by atoms with van der Waals surface area (Å²) in [5, 5.41) is 12.8. The van der Waals surface area contributed by atoms with Crippen molar-refractivity contribution in [1.82, 2.24) is 4.98 Å². The molecular weight excluding hydrogens is 234 g/mol. The quantitative estimate of drug-likeness (QED) is 0.901. The highest BCUT2D eigenvalue weighted by Gasteiger charge is 2.02. The summed E-state index contributed by atoms with van der Waals surface area (Å²) in [5.74, 6) is 0. The number of rotatable bonds is 3. The predicted molar refractivity (Wildman–Crippen MR) is 67.7 cm³/mol. The molecule has 0 radical (unpaired) electrons. The summed E-state index contributed by atoms with van der Waals surface area (Å²) in [6, 6.07) is 11.4. The van der Waals surface area contributed by atoms with E-state index in [1.807, 2.05) is 24.3 Å². The standard InChI is InChI=1S/C13H10ClN3/c14-12-4-2-1-3-11(12)8-17-13-9-16-6-5-10(13)7-15/h1-6,9,17H,8H2. The fourth-order valence-electron chi connectivity index (χ4n) is 1.47. The lowest BCUT2D eigenvalue weighted by Gasteiger charge is -2.08. The first-order valence-electron chi connectivity index (χ1n) is 5.12. The number of nitrogens with one attached hydrogen (secondary N) is 1. The number of halogens is 1. The number of benzene rings is 1. The van der Waals surface area contributed by atoms with Crippen LogP contribution in [-0.4, -0.2) is 4.98 Å². The van der Waals surface area contributed by atoms with Gasteiger partial charge in [-0.3, -0.25) is 4.98 Å². The van der Waals surface area contributed by atoms with Crippen LogP contribution in [0, 0.1) is 11.3 Å². The summed E-state index contributed by atoms with van der Waals surface area (Å²) in [6.45, 7) is 0.569. The van der Waals surface area contributed by atoms with E-state index in [9.17, 15) is 0 Å². The zero-order chi connectivity index (χ0) is 12.1. The molecule has 0 bridgehead atoms. The SMILES string of the molecule is N#Cc1ccncc1NCc1ccccc1Cl. The smallest absolute Gasteiger partial charge is 0.101 e. The number of nitriles is 1. The molecule has 0 spiro atoms. The van der Waals surface area contributed by atoms with Crippen LogP contribution in [0.3, 0.4) is 0 Å². The lowest BCUT2D eigenvalue weighted by atomic mass is 10.2. The van der Waals surface area contributed by atoms with Crippen molar-refractivity contribution in [2.24, 2.45) is 0 Å². The summed E-state index contributed by atoms with van der Waals surface area (Å²) in [7, 11) is 0. The first kappa shape index (κ1) is 11.4. The third kappa shape index (κ3) is 2.74. The fourth-order valence-corrected chi connectivity index (χ4v) is 1.67. The molecule has 0 aliphatic heterocycles. The molecule has 0 atom stereocenters. The van der Waals surface area contributed by atoms with Gasteiger partial charge in [-0.25, -0.2) is 0 Å². The average molecular weight is 244 g/mol. The van der Waals surface area contributed by atoms with Gasteiger partial charge in [0.15, 0.2) is 0 Å². The minimum atomic E-state index is 0.569. The predicted octanol–water partition coefficient (Wildman–Crippen LogP) is 3.22. The van der Waals surface area contributed by atoms with Gasteiger partial charge in [0.25, 0.3) is 0 Å². The van der Waals surface area contributed by atoms with Crippen LogP contribution >= 0.6 is 11.6 Å². The Kier molecular flexibility index (Phi) is 3.59. The molecule has 0 aliphatic rings. The first-order valence-corrected chi connectivity index (χ1v) is 5.50. The molecule has 3 nitrogen and oxygen atoms in total. The van der Waals surface area contributed by atoms with Crippen LogP contribution in [0.4, 0.5) is 5.69 Å². The maximum absolute atomic E-state index is 8.93. The van der Waals surface area contributed by atoms with E-state index in [4.69, 9.17) is 16.9 Å². The van der Waals surface area contributed by atoms with Crippen LogP contribution in [-0.2, 0) is 6.54 Å². The molecule has 0 aliphatic carbocycles. The van der Waals surface area contributed by atoms with Crippen molar-refractivity contribution in [3.8, 4) is 6.07 Å². The molecule has 0 amide bonds. The van der Waals surface area contributed by atoms with Gasteiger partial charge in [-0.2, -0.15) is 5.26 Å². The van der Waals surface area contributed by atoms with Crippen molar-refractivity contribution in [2.45, 2.75) is 6.54 Å². The van der Waals surface area contributed by atoms with Gasteiger partial charge in [-0.05, 0) is 17.7 Å². The molecule has 4 heteroatoms. The molecule has 1 heterocycles. The second kappa shape index (κ2) is 5.33. The van der Waals surface area contributed by atoms with Crippen molar-refractivity contribution in [3.63, 3.8) is 0 Å². The number of anilines is 1. The van der Waals surface area contributed by atoms with E-state index in [-0.39, 0.29) is 0 Å². The van der Waals surface area contributed by atoms with Gasteiger partial charge in [0, 0.05) is 17.8 Å². The Hall–Kier alpha value is -2.05. The highest BCUT2D eigenvalue weighted by atomic mass is 35.5. The maximum atomic E-state index is 8.93. The monoisotopic (exact) mass is 243 g/mol. The van der Waals surface area contributed by atoms with Crippen LogP contribution in [0.25, 0.3) is 0 Å². The number of hydrogen-bond acceptors (Lipinski definition) is 3. The second-order valence-electron chi connectivity index (χ2n) is 3.48. The molecule has 1 aromatic carbocycles. The zero-order valence-electron chi connectivity index (χ0n) is 9.02. The lowest BCUT2D eigenvalue weighted by Crippen LogP contribution is -2.02. The van der Waals surface area contributed by atoms with Gasteiger partial charge in [0.1, 0.15) is 6.07 Å². The van der Waals surface area contributed by atoms with Crippen molar-refractivity contribution < 1.29 is 0 Å². The largest absolute Gasteiger partial charge is 0.379 e. The summed E-state index contributed by atoms with van der Waals surface area (Å²) < 4.78 is 0. The van der Waals surface area contributed by atoms with E-state index >= 15 is 0 Å². The molecular formula is C13H10ClN3. The van der Waals surface area contributed by atoms with E-state index in [0.717, 1.165) is 11.3 Å². The molecule has 1 N–H and O–H groups in total. The molecule has 0 saturated heterocycles. The van der Waals surface area contributed by atoms with Crippen molar-refractivity contribution in [3.05, 3.63) is 58.9 Å². The van der Waals surface area contributed by atoms with Gasteiger partial charge in [0.05, 0.1) is 17.4 Å². The van der Waals surface area contributed by atoms with Gasteiger partial charge < -0.3 is 5.32 Å². The molecule has 0 fully saturated rings. The van der Waals surface area contributed by atoms with E-state index in [0.29, 0.717) is 17.1 Å². The van der Waals surface area contributed by atoms with Crippen LogP contribution in [0.2, 0.25) is 5.02 Å². The Labute approximate surface area is 105 Å². The number of hydrogen-bond donors (Lipinski definition) is 1. The highest BCUT2D eigenvalue weighted by Crippen LogP contribution is 2.18. The van der Waals surface area contributed by atoms with Crippen molar-refractivity contribution in [1.29, 1.82) is 5.26 Å². The van der Waals surface area contributed by atoms with Crippen LogP contribution in [0.15, 0.2) is 42.7 Å². The Bertz CT molecular complexity index is 561. The lowest BCUT2D eigenvalue weighted by molar-refractivity contribution is 1.13. The normalized spacial score (nSPS) is 9.65. The molecule has 0 unspecified atom stereocenters. The van der Waals surface area contributed by atoms with Crippen molar-refractivity contribution >= 4 is 17.3 Å². The summed E-state index contributed by atoms with van der Waals surface area (Å²) >= 11 is 6.04. The highest BCUT2D eigenvalue weighted by molar-refractivity contribution is 6.31. The maximum Gasteiger partial charge on any atom is 0.101 e. The second-order valence-corrected chi connectivity index (χ2v) is 3.89. The van der Waals surface area contributed by atoms with Crippen molar-refractivity contribution in [2.75, 3.05) is 5.32 Å². The summed E-state index contributed by atoms with van der Waals surface area (Å²) in [6.07, 6.45) is 3.23. The topological polar surface area (TPSA) is 48.7 Å². The van der Waals surface area contributed by atoms with Crippen LogP contribution in [0.1, 0.15) is 11.1 Å². The van der Waals surface area contributed by atoms with Crippen LogP contribution < -0.4 is 5.32 Å². The Morgan fingerprint density at radius 3 is 2.88 bits per heavy atom. The molecule has 0 saturated carbocycles. The van der Waals surface area contributed by atoms with E-state index in [2.05, 4.69) is 16.4 Å². The molecule has 1 aromatic heterocycles. The fraction of sp³-hybridized carbons (Fsp3) is 0.0769. The Morgan fingerprint density at radius 2 is 2.12 bits per heavy atom. The first-order chi connectivity index (χ1) is 8.31. The van der Waals surface area contributed by atoms with Gasteiger partial charge in [-0.1, -0.05) is 29.8 Å². The summed E-state index contributed by atoms with van der Waals surface area (Å²) in [5.41, 5.74) is 2.28. The number of pyridine rings is 1. The average Bonchev–Trinajstić information content (AvgIpc) is 2.38.